The van der Waals surface area contributed by atoms with Crippen LogP contribution >= 0.6 is 11.3 Å². The Morgan fingerprint density at radius 3 is 2.48 bits per heavy atom. The van der Waals surface area contributed by atoms with Crippen LogP contribution in [0.1, 0.15) is 50.2 Å². The van der Waals surface area contributed by atoms with Gasteiger partial charge in [-0.2, -0.15) is 0 Å². The number of aromatic nitrogens is 1. The van der Waals surface area contributed by atoms with E-state index in [-0.39, 0.29) is 17.4 Å². The summed E-state index contributed by atoms with van der Waals surface area (Å²) in [6.07, 6.45) is 2.37. The van der Waals surface area contributed by atoms with Gasteiger partial charge in [0, 0.05) is 26.2 Å². The first-order valence-corrected chi connectivity index (χ1v) is 8.32. The van der Waals surface area contributed by atoms with E-state index in [2.05, 4.69) is 37.6 Å². The lowest BCUT2D eigenvalue weighted by Gasteiger charge is -2.35. The average Bonchev–Trinajstić information content (AvgIpc) is 3.03. The monoisotopic (exact) mass is 310 g/mol. The van der Waals surface area contributed by atoms with Gasteiger partial charge >= 0.3 is 0 Å². The molecular weight excluding hydrogens is 284 g/mol. The van der Waals surface area contributed by atoms with Gasteiger partial charge in [0.2, 0.25) is 0 Å². The molecule has 0 radical (unpaired) electrons. The number of hydrogen-bond acceptors (Lipinski definition) is 5. The van der Waals surface area contributed by atoms with Gasteiger partial charge in [-0.15, -0.1) is 0 Å². The lowest BCUT2D eigenvalue weighted by Crippen LogP contribution is -2.42. The molecule has 1 atom stereocenters. The Kier molecular flexibility index (Phi) is 4.46. The van der Waals surface area contributed by atoms with Gasteiger partial charge in [-0.1, -0.05) is 32.1 Å². The Balaban J connectivity index is 2.19. The normalized spacial score (nSPS) is 17.1. The molecule has 5 nitrogen and oxygen atoms in total. The average molecular weight is 310 g/mol. The first kappa shape index (κ1) is 16.1. The number of carbonyl (C=O) groups excluding carboxylic acids is 1. The van der Waals surface area contributed by atoms with Crippen LogP contribution in [0.25, 0.3) is 0 Å². The van der Waals surface area contributed by atoms with Crippen LogP contribution in [-0.2, 0) is 0 Å². The molecule has 2 heterocycles. The number of nitrogens with two attached hydrogens (primary N) is 1. The third kappa shape index (κ3) is 3.31. The lowest BCUT2D eigenvalue weighted by atomic mass is 9.87. The van der Waals surface area contributed by atoms with Crippen molar-refractivity contribution in [2.24, 2.45) is 5.41 Å². The Labute approximate surface area is 131 Å². The summed E-state index contributed by atoms with van der Waals surface area (Å²) in [7, 11) is 1.84. The van der Waals surface area contributed by atoms with Gasteiger partial charge in [-0.05, 0) is 25.2 Å². The zero-order valence-electron chi connectivity index (χ0n) is 13.6. The molecule has 0 bridgehead atoms. The van der Waals surface area contributed by atoms with E-state index < -0.39 is 0 Å². The summed E-state index contributed by atoms with van der Waals surface area (Å²) >= 11 is 1.42. The van der Waals surface area contributed by atoms with Crippen molar-refractivity contribution in [1.82, 2.24) is 9.88 Å². The second-order valence-corrected chi connectivity index (χ2v) is 7.84. The maximum Gasteiger partial charge on any atom is 0.267 e. The maximum atomic E-state index is 12.7. The predicted molar refractivity (Wildman–Crippen MR) is 89.0 cm³/mol. The van der Waals surface area contributed by atoms with Crippen molar-refractivity contribution in [1.29, 1.82) is 0 Å². The Bertz CT molecular complexity index is 514. The Hall–Kier alpha value is -1.30. The van der Waals surface area contributed by atoms with E-state index in [0.29, 0.717) is 10.7 Å². The summed E-state index contributed by atoms with van der Waals surface area (Å²) in [5.74, 6) is 0.331. The van der Waals surface area contributed by atoms with Crippen LogP contribution in [0.15, 0.2) is 0 Å². The van der Waals surface area contributed by atoms with Gasteiger partial charge in [-0.3, -0.25) is 4.79 Å². The van der Waals surface area contributed by atoms with E-state index in [9.17, 15) is 4.79 Å². The highest BCUT2D eigenvalue weighted by molar-refractivity contribution is 7.18. The molecule has 0 aliphatic carbocycles. The topological polar surface area (TPSA) is 62.5 Å². The van der Waals surface area contributed by atoms with E-state index >= 15 is 0 Å². The van der Waals surface area contributed by atoms with Crippen LogP contribution in [0.5, 0.6) is 0 Å². The molecule has 1 aromatic heterocycles. The summed E-state index contributed by atoms with van der Waals surface area (Å²) < 4.78 is 0. The van der Waals surface area contributed by atoms with Gasteiger partial charge in [0.25, 0.3) is 5.91 Å². The number of nitrogens with zero attached hydrogens (tertiary/aromatic N) is 3. The minimum absolute atomic E-state index is 0.0294. The maximum absolute atomic E-state index is 12.7. The molecule has 1 aromatic rings. The standard InChI is InChI=1S/C15H26N4OS/c1-10(15(2,3)4)18(5)13(20)11-12(16)17-14(21-11)19-8-6-7-9-19/h10H,6-9,16H2,1-5H3. The summed E-state index contributed by atoms with van der Waals surface area (Å²) in [6, 6.07) is 0.127. The summed E-state index contributed by atoms with van der Waals surface area (Å²) in [5.41, 5.74) is 6.01. The molecule has 1 aliphatic heterocycles. The minimum atomic E-state index is -0.0297. The van der Waals surface area contributed by atoms with E-state index in [1.165, 1.54) is 24.2 Å². The largest absolute Gasteiger partial charge is 0.382 e. The Morgan fingerprint density at radius 1 is 1.38 bits per heavy atom. The molecule has 2 N–H and O–H groups in total. The highest BCUT2D eigenvalue weighted by Gasteiger charge is 2.30. The van der Waals surface area contributed by atoms with Gasteiger partial charge in [0.05, 0.1) is 0 Å². The number of nitrogen functional groups attached to an aromatic ring is 1. The van der Waals surface area contributed by atoms with Crippen LogP contribution in [0.4, 0.5) is 10.9 Å². The van der Waals surface area contributed by atoms with Crippen LogP contribution in [0, 0.1) is 5.41 Å². The SMILES string of the molecule is CC(N(C)C(=O)c1sc(N2CCCC2)nc1N)C(C)(C)C. The summed E-state index contributed by atoms with van der Waals surface area (Å²) in [5, 5.41) is 0.880. The number of anilines is 2. The highest BCUT2D eigenvalue weighted by Crippen LogP contribution is 2.32. The molecule has 118 valence electrons. The van der Waals surface area contributed by atoms with Crippen molar-refractivity contribution in [2.45, 2.75) is 46.6 Å². The molecular formula is C15H26N4OS. The lowest BCUT2D eigenvalue weighted by molar-refractivity contribution is 0.0635. The van der Waals surface area contributed by atoms with Crippen LogP contribution in [0.3, 0.4) is 0 Å². The molecule has 1 fully saturated rings. The third-order valence-corrected chi connectivity index (χ3v) is 5.49. The minimum Gasteiger partial charge on any atom is -0.382 e. The number of thiazole rings is 1. The molecule has 1 saturated heterocycles. The number of amides is 1. The van der Waals surface area contributed by atoms with Gasteiger partial charge in [0.15, 0.2) is 5.13 Å². The van der Waals surface area contributed by atoms with E-state index in [4.69, 9.17) is 5.73 Å². The number of carbonyl (C=O) groups is 1. The van der Waals surface area contributed by atoms with Crippen LogP contribution < -0.4 is 10.6 Å². The molecule has 0 aromatic carbocycles. The molecule has 21 heavy (non-hydrogen) atoms. The first-order chi connectivity index (χ1) is 9.71. The fraction of sp³-hybridized carbons (Fsp3) is 0.733. The van der Waals surface area contributed by atoms with Crippen molar-refractivity contribution in [3.05, 3.63) is 4.88 Å². The van der Waals surface area contributed by atoms with Crippen molar-refractivity contribution < 1.29 is 4.79 Å². The zero-order valence-corrected chi connectivity index (χ0v) is 14.5. The molecule has 1 unspecified atom stereocenters. The van der Waals surface area contributed by atoms with Gasteiger partial charge in [-0.25, -0.2) is 4.98 Å². The second kappa shape index (κ2) is 5.83. The molecule has 1 aliphatic rings. The van der Waals surface area contributed by atoms with Crippen molar-refractivity contribution in [2.75, 3.05) is 30.8 Å². The Morgan fingerprint density at radius 2 is 1.95 bits per heavy atom. The quantitative estimate of drug-likeness (QED) is 0.932. The third-order valence-electron chi connectivity index (χ3n) is 4.37. The van der Waals surface area contributed by atoms with Crippen molar-refractivity contribution >= 4 is 28.2 Å². The molecule has 0 spiro atoms. The predicted octanol–water partition coefficient (Wildman–Crippen LogP) is 2.83. The fourth-order valence-electron chi connectivity index (χ4n) is 2.43. The fourth-order valence-corrected chi connectivity index (χ4v) is 3.45. The highest BCUT2D eigenvalue weighted by atomic mass is 32.1. The van der Waals surface area contributed by atoms with E-state index in [1.807, 2.05) is 7.05 Å². The molecule has 1 amide bonds. The molecule has 2 rings (SSSR count). The zero-order chi connectivity index (χ0) is 15.8. The first-order valence-electron chi connectivity index (χ1n) is 7.50. The van der Waals surface area contributed by atoms with Crippen molar-refractivity contribution in [3.63, 3.8) is 0 Å². The smallest absolute Gasteiger partial charge is 0.267 e. The van der Waals surface area contributed by atoms with E-state index in [1.54, 1.807) is 4.90 Å². The second-order valence-electron chi connectivity index (χ2n) is 6.86. The molecule has 6 heteroatoms. The van der Waals surface area contributed by atoms with Crippen molar-refractivity contribution in [3.8, 4) is 0 Å². The van der Waals surface area contributed by atoms with Gasteiger partial charge in [0.1, 0.15) is 10.7 Å². The summed E-state index contributed by atoms with van der Waals surface area (Å²) in [6.45, 7) is 10.5. The number of rotatable bonds is 3. The number of hydrogen-bond donors (Lipinski definition) is 1. The van der Waals surface area contributed by atoms with E-state index in [0.717, 1.165) is 18.2 Å². The van der Waals surface area contributed by atoms with Gasteiger partial charge < -0.3 is 15.5 Å². The summed E-state index contributed by atoms with van der Waals surface area (Å²) in [4.78, 5) is 21.6. The van der Waals surface area contributed by atoms with Crippen LogP contribution in [0.2, 0.25) is 0 Å². The van der Waals surface area contributed by atoms with Crippen LogP contribution in [-0.4, -0.2) is 42.0 Å². The molecule has 0 saturated carbocycles.